The van der Waals surface area contributed by atoms with Crippen LogP contribution in [0.2, 0.25) is 0 Å². The van der Waals surface area contributed by atoms with Gasteiger partial charge in [-0.3, -0.25) is 0 Å². The van der Waals surface area contributed by atoms with E-state index in [4.69, 9.17) is 9.72 Å². The molecule has 5 heterocycles. The van der Waals surface area contributed by atoms with Crippen LogP contribution in [0.5, 0.6) is 11.5 Å². The fourth-order valence-electron chi connectivity index (χ4n) is 10.3. The number of para-hydroxylation sites is 5. The number of nitrogens with zero attached hydrogens (tertiary/aromatic N) is 3. The molecule has 0 N–H and O–H groups in total. The number of hydrogen-bond acceptors (Lipinski definition) is 2. The van der Waals surface area contributed by atoms with Crippen molar-refractivity contribution in [1.29, 1.82) is 0 Å². The van der Waals surface area contributed by atoms with Gasteiger partial charge in [-0.2, -0.15) is 0 Å². The summed E-state index contributed by atoms with van der Waals surface area (Å²) < 4.78 is 12.3. The molecule has 1 unspecified atom stereocenters. The zero-order valence-corrected chi connectivity index (χ0v) is 31.3. The Bertz CT molecular complexity index is 3430. The summed E-state index contributed by atoms with van der Waals surface area (Å²) in [6.07, 6.45) is 0. The van der Waals surface area contributed by atoms with E-state index >= 15 is 0 Å². The third-order valence-corrected chi connectivity index (χ3v) is 12.6. The van der Waals surface area contributed by atoms with Crippen LogP contribution in [0, 0.1) is 0 Å². The molecule has 2 aliphatic heterocycles. The summed E-state index contributed by atoms with van der Waals surface area (Å²) in [6, 6.07) is 72.2. The highest BCUT2D eigenvalue weighted by molar-refractivity contribution is 6.14. The monoisotopic (exact) mass is 739 g/mol. The van der Waals surface area contributed by atoms with Gasteiger partial charge in [0, 0.05) is 43.8 Å². The number of rotatable bonds is 3. The molecule has 13 rings (SSSR count). The highest BCUT2D eigenvalue weighted by Gasteiger charge is 2.51. The molecule has 58 heavy (non-hydrogen) atoms. The number of benzene rings is 8. The van der Waals surface area contributed by atoms with Gasteiger partial charge in [0.25, 0.3) is 0 Å². The van der Waals surface area contributed by atoms with E-state index in [1.165, 1.54) is 44.0 Å². The third kappa shape index (κ3) is 4.05. The van der Waals surface area contributed by atoms with Crippen LogP contribution >= 0.6 is 0 Å². The predicted molar refractivity (Wildman–Crippen MR) is 236 cm³/mol. The summed E-state index contributed by atoms with van der Waals surface area (Å²) in [6.45, 7) is 0. The van der Waals surface area contributed by atoms with Crippen LogP contribution in [0.4, 0.5) is 0 Å². The standard InChI is InChI=1S/C54H33N3O/c1-3-16-34(17-4-1)45-32-36(33-46(55-45)35-18-5-2-6-19-35)56-47-26-11-7-21-38(47)40-30-31-44-53(52(40)56)58-50-29-14-10-24-42(50)54(44)41-23-9-13-28-49(41)57-48-27-12-8-20-37(48)39-22-15-25-43(54)51(39)57/h1-33H. The number of aromatic nitrogens is 3. The Morgan fingerprint density at radius 2 is 0.948 bits per heavy atom. The highest BCUT2D eigenvalue weighted by atomic mass is 16.5. The maximum Gasteiger partial charge on any atom is 0.156 e. The Morgan fingerprint density at radius 1 is 0.397 bits per heavy atom. The van der Waals surface area contributed by atoms with Crippen LogP contribution in [-0.2, 0) is 5.41 Å². The normalized spacial score (nSPS) is 15.1. The lowest BCUT2D eigenvalue weighted by Gasteiger charge is -2.45. The minimum absolute atomic E-state index is 0.678. The van der Waals surface area contributed by atoms with E-state index in [9.17, 15) is 0 Å². The fourth-order valence-corrected chi connectivity index (χ4v) is 10.3. The summed E-state index contributed by atoms with van der Waals surface area (Å²) >= 11 is 0. The average molecular weight is 740 g/mol. The lowest BCUT2D eigenvalue weighted by atomic mass is 9.61. The van der Waals surface area contributed by atoms with Gasteiger partial charge >= 0.3 is 0 Å². The second kappa shape index (κ2) is 11.7. The highest BCUT2D eigenvalue weighted by Crippen LogP contribution is 2.62. The summed E-state index contributed by atoms with van der Waals surface area (Å²) in [7, 11) is 0. The SMILES string of the molecule is c1ccc(-c2cc(-n3c4ccccc4c4ccc5c(c43)Oc3ccccc3C53c4ccccc4-n4c5ccccc5c5cccc3c54)cc(-c3ccccc3)n2)cc1. The molecule has 1 atom stereocenters. The molecule has 8 aromatic carbocycles. The van der Waals surface area contributed by atoms with Gasteiger partial charge in [0.2, 0.25) is 0 Å². The molecule has 0 aliphatic carbocycles. The van der Waals surface area contributed by atoms with E-state index in [2.05, 4.69) is 209 Å². The van der Waals surface area contributed by atoms with Crippen molar-refractivity contribution in [3.05, 3.63) is 222 Å². The van der Waals surface area contributed by atoms with Gasteiger partial charge in [0.05, 0.1) is 50.2 Å². The van der Waals surface area contributed by atoms with Crippen molar-refractivity contribution in [2.45, 2.75) is 5.41 Å². The lowest BCUT2D eigenvalue weighted by Crippen LogP contribution is -2.37. The van der Waals surface area contributed by atoms with Crippen molar-refractivity contribution >= 4 is 43.6 Å². The van der Waals surface area contributed by atoms with Crippen molar-refractivity contribution in [3.63, 3.8) is 0 Å². The molecule has 11 aromatic rings. The van der Waals surface area contributed by atoms with Gasteiger partial charge in [0.1, 0.15) is 5.75 Å². The summed E-state index contributed by atoms with van der Waals surface area (Å²) in [5.41, 5.74) is 14.8. The van der Waals surface area contributed by atoms with E-state index in [0.29, 0.717) is 0 Å². The Morgan fingerprint density at radius 3 is 1.67 bits per heavy atom. The Labute approximate surface area is 334 Å². The zero-order valence-electron chi connectivity index (χ0n) is 31.3. The molecule has 0 saturated heterocycles. The van der Waals surface area contributed by atoms with Crippen LogP contribution in [0.3, 0.4) is 0 Å². The van der Waals surface area contributed by atoms with Gasteiger partial charge in [-0.25, -0.2) is 4.98 Å². The van der Waals surface area contributed by atoms with Crippen LogP contribution in [0.25, 0.3) is 77.5 Å². The molecular formula is C54H33N3O. The van der Waals surface area contributed by atoms with Crippen LogP contribution in [0.1, 0.15) is 22.3 Å². The smallest absolute Gasteiger partial charge is 0.156 e. The first-order chi connectivity index (χ1) is 28.8. The molecule has 270 valence electrons. The van der Waals surface area contributed by atoms with Crippen molar-refractivity contribution in [3.8, 4) is 45.4 Å². The van der Waals surface area contributed by atoms with Gasteiger partial charge in [-0.1, -0.05) is 164 Å². The van der Waals surface area contributed by atoms with Crippen molar-refractivity contribution < 1.29 is 4.74 Å². The fraction of sp³-hybridized carbons (Fsp3) is 0.0185. The van der Waals surface area contributed by atoms with Gasteiger partial charge in [0.15, 0.2) is 5.75 Å². The van der Waals surface area contributed by atoms with Crippen LogP contribution in [0.15, 0.2) is 200 Å². The Hall–Kier alpha value is -7.69. The summed E-state index contributed by atoms with van der Waals surface area (Å²) in [4.78, 5) is 5.27. The van der Waals surface area contributed by atoms with E-state index in [0.717, 1.165) is 67.2 Å². The van der Waals surface area contributed by atoms with Crippen LogP contribution in [-0.4, -0.2) is 14.1 Å². The van der Waals surface area contributed by atoms with Crippen molar-refractivity contribution in [2.24, 2.45) is 0 Å². The number of ether oxygens (including phenoxy) is 1. The average Bonchev–Trinajstić information content (AvgIpc) is 3.82. The molecule has 1 spiro atoms. The molecule has 0 saturated carbocycles. The molecular weight excluding hydrogens is 707 g/mol. The maximum atomic E-state index is 7.35. The largest absolute Gasteiger partial charge is 0.454 e. The van der Waals surface area contributed by atoms with E-state index in [1.807, 2.05) is 0 Å². The first-order valence-corrected chi connectivity index (χ1v) is 19.9. The molecule has 0 bridgehead atoms. The molecule has 4 nitrogen and oxygen atoms in total. The predicted octanol–water partition coefficient (Wildman–Crippen LogP) is 13.4. The number of hydrogen-bond donors (Lipinski definition) is 0. The summed E-state index contributed by atoms with van der Waals surface area (Å²) in [5, 5.41) is 4.81. The topological polar surface area (TPSA) is 32.0 Å². The first-order valence-electron chi connectivity index (χ1n) is 19.9. The summed E-state index contributed by atoms with van der Waals surface area (Å²) in [5.74, 6) is 1.73. The second-order valence-electron chi connectivity index (χ2n) is 15.4. The minimum Gasteiger partial charge on any atom is -0.454 e. The van der Waals surface area contributed by atoms with Gasteiger partial charge < -0.3 is 13.9 Å². The Kier molecular flexibility index (Phi) is 6.34. The molecule has 0 radical (unpaired) electrons. The van der Waals surface area contributed by atoms with E-state index in [1.54, 1.807) is 0 Å². The van der Waals surface area contributed by atoms with E-state index < -0.39 is 5.41 Å². The van der Waals surface area contributed by atoms with Crippen LogP contribution < -0.4 is 4.74 Å². The molecule has 0 amide bonds. The quantitative estimate of drug-likeness (QED) is 0.181. The number of pyridine rings is 1. The second-order valence-corrected chi connectivity index (χ2v) is 15.4. The lowest BCUT2D eigenvalue weighted by molar-refractivity contribution is 0.438. The minimum atomic E-state index is -0.678. The molecule has 2 aliphatic rings. The number of fused-ring (bicyclic) bond motifs is 15. The first kappa shape index (κ1) is 31.5. The van der Waals surface area contributed by atoms with Crippen molar-refractivity contribution in [1.82, 2.24) is 14.1 Å². The van der Waals surface area contributed by atoms with E-state index in [-0.39, 0.29) is 0 Å². The van der Waals surface area contributed by atoms with Gasteiger partial charge in [-0.05, 0) is 47.5 Å². The molecule has 0 fully saturated rings. The molecule has 3 aromatic heterocycles. The third-order valence-electron chi connectivity index (χ3n) is 12.6. The Balaban J connectivity index is 1.20. The molecule has 4 heteroatoms. The maximum absolute atomic E-state index is 7.35. The van der Waals surface area contributed by atoms with Crippen molar-refractivity contribution in [2.75, 3.05) is 0 Å². The van der Waals surface area contributed by atoms with Gasteiger partial charge in [-0.15, -0.1) is 0 Å². The zero-order chi connectivity index (χ0) is 38.0.